The SMILES string of the molecule is C/C(=C\C=O)CC/C=C(\C)c1ccccc1. The van der Waals surface area contributed by atoms with Gasteiger partial charge in [-0.2, -0.15) is 0 Å². The summed E-state index contributed by atoms with van der Waals surface area (Å²) in [5.41, 5.74) is 3.69. The summed E-state index contributed by atoms with van der Waals surface area (Å²) in [6, 6.07) is 10.3. The van der Waals surface area contributed by atoms with E-state index in [9.17, 15) is 4.79 Å². The van der Waals surface area contributed by atoms with Crippen molar-refractivity contribution in [2.75, 3.05) is 0 Å². The zero-order chi connectivity index (χ0) is 11.8. The molecular formula is C15H18O. The molecule has 0 saturated heterocycles. The summed E-state index contributed by atoms with van der Waals surface area (Å²) in [4.78, 5) is 10.2. The Hall–Kier alpha value is -1.63. The molecule has 0 amide bonds. The van der Waals surface area contributed by atoms with Crippen molar-refractivity contribution in [2.24, 2.45) is 0 Å². The first-order valence-electron chi connectivity index (χ1n) is 5.57. The van der Waals surface area contributed by atoms with E-state index in [-0.39, 0.29) is 0 Å². The Bertz CT molecular complexity index is 385. The van der Waals surface area contributed by atoms with Crippen LogP contribution in [0.25, 0.3) is 5.57 Å². The average Bonchev–Trinajstić information content (AvgIpc) is 2.30. The zero-order valence-corrected chi connectivity index (χ0v) is 9.94. The van der Waals surface area contributed by atoms with Gasteiger partial charge in [-0.3, -0.25) is 4.79 Å². The Kier molecular flexibility index (Phi) is 5.27. The van der Waals surface area contributed by atoms with Crippen LogP contribution in [0, 0.1) is 0 Å². The zero-order valence-electron chi connectivity index (χ0n) is 9.94. The van der Waals surface area contributed by atoms with Crippen molar-refractivity contribution in [2.45, 2.75) is 26.7 Å². The monoisotopic (exact) mass is 214 g/mol. The van der Waals surface area contributed by atoms with Crippen LogP contribution in [0.1, 0.15) is 32.3 Å². The summed E-state index contributed by atoms with van der Waals surface area (Å²) in [7, 11) is 0. The normalized spacial score (nSPS) is 12.6. The van der Waals surface area contributed by atoms with Gasteiger partial charge in [0.1, 0.15) is 6.29 Å². The third-order valence-electron chi connectivity index (χ3n) is 2.57. The van der Waals surface area contributed by atoms with Crippen LogP contribution in [0.2, 0.25) is 0 Å². The maximum atomic E-state index is 10.2. The second kappa shape index (κ2) is 6.78. The molecule has 0 fully saturated rings. The molecule has 84 valence electrons. The molecule has 0 aliphatic heterocycles. The minimum Gasteiger partial charge on any atom is -0.299 e. The van der Waals surface area contributed by atoms with Gasteiger partial charge in [-0.1, -0.05) is 42.0 Å². The Labute approximate surface area is 97.5 Å². The first kappa shape index (κ1) is 12.4. The Balaban J connectivity index is 2.52. The lowest BCUT2D eigenvalue weighted by molar-refractivity contribution is -0.104. The third-order valence-corrected chi connectivity index (χ3v) is 2.57. The number of hydrogen-bond acceptors (Lipinski definition) is 1. The molecule has 0 aromatic heterocycles. The van der Waals surface area contributed by atoms with Gasteiger partial charge < -0.3 is 0 Å². The topological polar surface area (TPSA) is 17.1 Å². The lowest BCUT2D eigenvalue weighted by Gasteiger charge is -2.01. The van der Waals surface area contributed by atoms with E-state index >= 15 is 0 Å². The summed E-state index contributed by atoms with van der Waals surface area (Å²) in [6.07, 6.45) is 6.63. The summed E-state index contributed by atoms with van der Waals surface area (Å²) in [5, 5.41) is 0. The molecule has 1 rings (SSSR count). The molecule has 16 heavy (non-hydrogen) atoms. The molecule has 0 N–H and O–H groups in total. The Morgan fingerprint density at radius 3 is 2.50 bits per heavy atom. The second-order valence-corrected chi connectivity index (χ2v) is 3.94. The first-order chi connectivity index (χ1) is 7.74. The smallest absolute Gasteiger partial charge is 0.142 e. The van der Waals surface area contributed by atoms with Gasteiger partial charge in [-0.25, -0.2) is 0 Å². The van der Waals surface area contributed by atoms with E-state index in [1.165, 1.54) is 11.1 Å². The fourth-order valence-electron chi connectivity index (χ4n) is 1.53. The first-order valence-corrected chi connectivity index (χ1v) is 5.57. The summed E-state index contributed by atoms with van der Waals surface area (Å²) < 4.78 is 0. The highest BCUT2D eigenvalue weighted by atomic mass is 16.1. The Morgan fingerprint density at radius 1 is 1.19 bits per heavy atom. The number of allylic oxidation sites excluding steroid dienone is 4. The van der Waals surface area contributed by atoms with Gasteiger partial charge in [0.15, 0.2) is 0 Å². The molecule has 0 bridgehead atoms. The van der Waals surface area contributed by atoms with E-state index in [0.29, 0.717) is 0 Å². The van der Waals surface area contributed by atoms with Crippen LogP contribution < -0.4 is 0 Å². The van der Waals surface area contributed by atoms with Gasteiger partial charge in [-0.15, -0.1) is 0 Å². The fraction of sp³-hybridized carbons (Fsp3) is 0.267. The van der Waals surface area contributed by atoms with Gasteiger partial charge >= 0.3 is 0 Å². The fourth-order valence-corrected chi connectivity index (χ4v) is 1.53. The minimum absolute atomic E-state index is 0.850. The lowest BCUT2D eigenvalue weighted by atomic mass is 10.0. The van der Waals surface area contributed by atoms with E-state index in [1.807, 2.05) is 25.1 Å². The van der Waals surface area contributed by atoms with E-state index < -0.39 is 0 Å². The quantitative estimate of drug-likeness (QED) is 0.534. The van der Waals surface area contributed by atoms with Crippen LogP contribution >= 0.6 is 0 Å². The molecule has 0 unspecified atom stereocenters. The summed E-state index contributed by atoms with van der Waals surface area (Å²) in [5.74, 6) is 0. The highest BCUT2D eigenvalue weighted by Crippen LogP contribution is 2.15. The number of benzene rings is 1. The van der Waals surface area contributed by atoms with Gasteiger partial charge in [0.2, 0.25) is 0 Å². The molecule has 0 aliphatic carbocycles. The number of hydrogen-bond donors (Lipinski definition) is 0. The molecule has 1 aromatic rings. The Morgan fingerprint density at radius 2 is 1.88 bits per heavy atom. The highest BCUT2D eigenvalue weighted by molar-refractivity contribution is 5.66. The van der Waals surface area contributed by atoms with E-state index in [2.05, 4.69) is 25.1 Å². The standard InChI is InChI=1S/C15H18O/c1-13(11-12-16)7-6-8-14(2)15-9-4-3-5-10-15/h3-5,8-12H,6-7H2,1-2H3/b13-11+,14-8+. The molecule has 0 spiro atoms. The summed E-state index contributed by atoms with van der Waals surface area (Å²) in [6.45, 7) is 4.11. The largest absolute Gasteiger partial charge is 0.299 e. The van der Waals surface area contributed by atoms with Gasteiger partial charge in [0, 0.05) is 0 Å². The van der Waals surface area contributed by atoms with Gasteiger partial charge in [-0.05, 0) is 43.9 Å². The van der Waals surface area contributed by atoms with Crippen LogP contribution in [-0.4, -0.2) is 6.29 Å². The minimum atomic E-state index is 0.850. The molecule has 0 saturated carbocycles. The molecule has 0 atom stereocenters. The van der Waals surface area contributed by atoms with Crippen molar-refractivity contribution in [1.29, 1.82) is 0 Å². The van der Waals surface area contributed by atoms with Crippen molar-refractivity contribution in [3.63, 3.8) is 0 Å². The van der Waals surface area contributed by atoms with E-state index in [4.69, 9.17) is 0 Å². The third kappa shape index (κ3) is 4.26. The van der Waals surface area contributed by atoms with E-state index in [0.717, 1.165) is 24.7 Å². The van der Waals surface area contributed by atoms with Crippen molar-refractivity contribution >= 4 is 11.9 Å². The highest BCUT2D eigenvalue weighted by Gasteiger charge is 1.93. The average molecular weight is 214 g/mol. The van der Waals surface area contributed by atoms with E-state index in [1.54, 1.807) is 6.08 Å². The molecule has 1 aromatic carbocycles. The van der Waals surface area contributed by atoms with Crippen LogP contribution in [0.15, 0.2) is 48.1 Å². The molecule has 1 nitrogen and oxygen atoms in total. The molecule has 0 radical (unpaired) electrons. The number of rotatable bonds is 5. The van der Waals surface area contributed by atoms with Gasteiger partial charge in [0.25, 0.3) is 0 Å². The van der Waals surface area contributed by atoms with Crippen LogP contribution in [-0.2, 0) is 4.79 Å². The molecule has 0 aliphatic rings. The summed E-state index contributed by atoms with van der Waals surface area (Å²) >= 11 is 0. The molecule has 0 heterocycles. The molecular weight excluding hydrogens is 196 g/mol. The number of carbonyl (C=O) groups excluding carboxylic acids is 1. The maximum absolute atomic E-state index is 10.2. The van der Waals surface area contributed by atoms with Crippen molar-refractivity contribution < 1.29 is 4.79 Å². The van der Waals surface area contributed by atoms with Gasteiger partial charge in [0.05, 0.1) is 0 Å². The van der Waals surface area contributed by atoms with Crippen molar-refractivity contribution in [1.82, 2.24) is 0 Å². The molecule has 1 heteroatoms. The van der Waals surface area contributed by atoms with Crippen LogP contribution in [0.4, 0.5) is 0 Å². The number of carbonyl (C=O) groups is 1. The maximum Gasteiger partial charge on any atom is 0.142 e. The van der Waals surface area contributed by atoms with Crippen LogP contribution in [0.3, 0.4) is 0 Å². The van der Waals surface area contributed by atoms with Crippen LogP contribution in [0.5, 0.6) is 0 Å². The lowest BCUT2D eigenvalue weighted by Crippen LogP contribution is -1.81. The number of aldehydes is 1. The van der Waals surface area contributed by atoms with Crippen molar-refractivity contribution in [3.05, 3.63) is 53.6 Å². The predicted octanol–water partition coefficient (Wildman–Crippen LogP) is 4.02. The predicted molar refractivity (Wildman–Crippen MR) is 69.1 cm³/mol. The second-order valence-electron chi connectivity index (χ2n) is 3.94. The van der Waals surface area contributed by atoms with Crippen molar-refractivity contribution in [3.8, 4) is 0 Å².